The maximum absolute atomic E-state index is 13.1. The van der Waals surface area contributed by atoms with Gasteiger partial charge in [0, 0.05) is 6.07 Å². The molecule has 0 atom stereocenters. The number of benzene rings is 1. The zero-order chi connectivity index (χ0) is 14.0. The lowest BCUT2D eigenvalue weighted by molar-refractivity contribution is 0.0588. The van der Waals surface area contributed by atoms with Crippen LogP contribution in [-0.4, -0.2) is 28.0 Å². The Labute approximate surface area is 106 Å². The molecule has 0 aliphatic carbocycles. The Balaban J connectivity index is 2.64. The Hall–Kier alpha value is -2.70. The van der Waals surface area contributed by atoms with Gasteiger partial charge in [0.15, 0.2) is 5.75 Å². The van der Waals surface area contributed by atoms with Crippen LogP contribution in [-0.2, 0) is 4.74 Å². The number of ether oxygens (including phenoxy) is 1. The first-order valence-corrected chi connectivity index (χ1v) is 5.20. The standard InChI is InChI=1S/C12H9FN2O4/c1-19-12(18)11-9(16)6-10(17)15(14-11)8-4-2-3-7(13)5-8/h2-6,16H,1H3. The van der Waals surface area contributed by atoms with Gasteiger partial charge in [0.05, 0.1) is 12.8 Å². The number of hydrogen-bond acceptors (Lipinski definition) is 5. The van der Waals surface area contributed by atoms with Crippen molar-refractivity contribution >= 4 is 5.97 Å². The van der Waals surface area contributed by atoms with E-state index >= 15 is 0 Å². The first-order valence-electron chi connectivity index (χ1n) is 5.20. The maximum atomic E-state index is 13.1. The summed E-state index contributed by atoms with van der Waals surface area (Å²) >= 11 is 0. The molecular formula is C12H9FN2O4. The molecule has 0 unspecified atom stereocenters. The smallest absolute Gasteiger partial charge is 0.362 e. The second-order valence-electron chi connectivity index (χ2n) is 3.60. The molecule has 7 heteroatoms. The summed E-state index contributed by atoms with van der Waals surface area (Å²) < 4.78 is 18.3. The lowest BCUT2D eigenvalue weighted by atomic mass is 10.3. The van der Waals surface area contributed by atoms with Crippen LogP contribution in [0.2, 0.25) is 0 Å². The van der Waals surface area contributed by atoms with Gasteiger partial charge in [-0.05, 0) is 18.2 Å². The summed E-state index contributed by atoms with van der Waals surface area (Å²) in [5.74, 6) is -2.05. The van der Waals surface area contributed by atoms with Crippen molar-refractivity contribution in [2.24, 2.45) is 0 Å². The van der Waals surface area contributed by atoms with E-state index in [1.807, 2.05) is 0 Å². The van der Waals surface area contributed by atoms with Crippen LogP contribution in [0.15, 0.2) is 35.1 Å². The molecule has 2 rings (SSSR count). The van der Waals surface area contributed by atoms with E-state index in [0.717, 1.165) is 23.9 Å². The highest BCUT2D eigenvalue weighted by Crippen LogP contribution is 2.14. The number of hydrogen-bond donors (Lipinski definition) is 1. The number of aromatic hydroxyl groups is 1. The first-order chi connectivity index (χ1) is 9.02. The monoisotopic (exact) mass is 264 g/mol. The molecule has 0 fully saturated rings. The van der Waals surface area contributed by atoms with E-state index in [1.54, 1.807) is 0 Å². The minimum atomic E-state index is -0.900. The third kappa shape index (κ3) is 2.44. The van der Waals surface area contributed by atoms with Gasteiger partial charge in [-0.2, -0.15) is 9.78 Å². The van der Waals surface area contributed by atoms with Crippen LogP contribution in [0.4, 0.5) is 4.39 Å². The molecule has 6 nitrogen and oxygen atoms in total. The van der Waals surface area contributed by atoms with Gasteiger partial charge in [-0.25, -0.2) is 9.18 Å². The highest BCUT2D eigenvalue weighted by molar-refractivity contribution is 5.89. The van der Waals surface area contributed by atoms with Gasteiger partial charge in [0.2, 0.25) is 5.69 Å². The summed E-state index contributed by atoms with van der Waals surface area (Å²) in [6, 6.07) is 5.92. The van der Waals surface area contributed by atoms with Crippen LogP contribution in [0.3, 0.4) is 0 Å². The van der Waals surface area contributed by atoms with Crippen molar-refractivity contribution in [1.29, 1.82) is 0 Å². The van der Waals surface area contributed by atoms with Crippen molar-refractivity contribution in [3.8, 4) is 11.4 Å². The number of nitrogens with zero attached hydrogens (tertiary/aromatic N) is 2. The molecule has 19 heavy (non-hydrogen) atoms. The second kappa shape index (κ2) is 4.89. The molecule has 1 aromatic carbocycles. The summed E-state index contributed by atoms with van der Waals surface area (Å²) in [5.41, 5.74) is -0.989. The Morgan fingerprint density at radius 2 is 2.16 bits per heavy atom. The number of carbonyl (C=O) groups excluding carboxylic acids is 1. The fraction of sp³-hybridized carbons (Fsp3) is 0.0833. The topological polar surface area (TPSA) is 81.4 Å². The van der Waals surface area contributed by atoms with Crippen molar-refractivity contribution in [1.82, 2.24) is 9.78 Å². The molecule has 1 aromatic heterocycles. The van der Waals surface area contributed by atoms with Crippen molar-refractivity contribution in [2.45, 2.75) is 0 Å². The summed E-state index contributed by atoms with van der Waals surface area (Å²) in [4.78, 5) is 23.0. The molecule has 0 amide bonds. The van der Waals surface area contributed by atoms with Crippen LogP contribution < -0.4 is 5.56 Å². The molecule has 1 N–H and O–H groups in total. The second-order valence-corrected chi connectivity index (χ2v) is 3.60. The number of aromatic nitrogens is 2. The van der Waals surface area contributed by atoms with E-state index in [1.165, 1.54) is 18.2 Å². The largest absolute Gasteiger partial charge is 0.505 e. The highest BCUT2D eigenvalue weighted by Gasteiger charge is 2.17. The average Bonchev–Trinajstić information content (AvgIpc) is 2.38. The maximum Gasteiger partial charge on any atom is 0.362 e. The summed E-state index contributed by atoms with van der Waals surface area (Å²) in [6.07, 6.45) is 0. The fourth-order valence-electron chi connectivity index (χ4n) is 1.48. The van der Waals surface area contributed by atoms with Crippen LogP contribution in [0.1, 0.15) is 10.5 Å². The van der Waals surface area contributed by atoms with E-state index in [-0.39, 0.29) is 5.69 Å². The average molecular weight is 264 g/mol. The summed E-state index contributed by atoms with van der Waals surface area (Å²) in [6.45, 7) is 0. The van der Waals surface area contributed by atoms with Gasteiger partial charge in [0.25, 0.3) is 5.56 Å². The van der Waals surface area contributed by atoms with Gasteiger partial charge in [0.1, 0.15) is 5.82 Å². The zero-order valence-corrected chi connectivity index (χ0v) is 9.83. The van der Waals surface area contributed by atoms with Crippen molar-refractivity contribution in [3.05, 3.63) is 52.2 Å². The van der Waals surface area contributed by atoms with Crippen LogP contribution in [0, 0.1) is 5.82 Å². The van der Waals surface area contributed by atoms with Crippen molar-refractivity contribution in [2.75, 3.05) is 7.11 Å². The van der Waals surface area contributed by atoms with Crippen LogP contribution in [0.5, 0.6) is 5.75 Å². The van der Waals surface area contributed by atoms with Gasteiger partial charge in [-0.3, -0.25) is 4.79 Å². The minimum absolute atomic E-state index is 0.134. The van der Waals surface area contributed by atoms with Crippen molar-refractivity contribution in [3.63, 3.8) is 0 Å². The molecule has 2 aromatic rings. The summed E-state index contributed by atoms with van der Waals surface area (Å²) in [7, 11) is 1.11. The number of halogens is 1. The number of carbonyl (C=O) groups is 1. The van der Waals surface area contributed by atoms with Crippen molar-refractivity contribution < 1.29 is 19.0 Å². The Morgan fingerprint density at radius 1 is 1.42 bits per heavy atom. The quantitative estimate of drug-likeness (QED) is 0.814. The van der Waals surface area contributed by atoms with E-state index in [2.05, 4.69) is 9.84 Å². The molecule has 0 aliphatic rings. The third-order valence-corrected chi connectivity index (χ3v) is 2.34. The van der Waals surface area contributed by atoms with E-state index in [4.69, 9.17) is 0 Å². The number of methoxy groups -OCH3 is 1. The fourth-order valence-corrected chi connectivity index (χ4v) is 1.48. The predicted molar refractivity (Wildman–Crippen MR) is 62.8 cm³/mol. The third-order valence-electron chi connectivity index (χ3n) is 2.34. The Morgan fingerprint density at radius 3 is 2.79 bits per heavy atom. The normalized spacial score (nSPS) is 10.2. The molecule has 0 saturated heterocycles. The van der Waals surface area contributed by atoms with E-state index < -0.39 is 28.8 Å². The van der Waals surface area contributed by atoms with Crippen LogP contribution in [0.25, 0.3) is 5.69 Å². The predicted octanol–water partition coefficient (Wildman–Crippen LogP) is 0.864. The molecule has 0 radical (unpaired) electrons. The van der Waals surface area contributed by atoms with Gasteiger partial charge >= 0.3 is 5.97 Å². The van der Waals surface area contributed by atoms with E-state index in [0.29, 0.717) is 0 Å². The summed E-state index contributed by atoms with van der Waals surface area (Å²) in [5, 5.41) is 13.1. The molecule has 98 valence electrons. The van der Waals surface area contributed by atoms with Gasteiger partial charge in [-0.1, -0.05) is 6.07 Å². The minimum Gasteiger partial charge on any atom is -0.505 e. The van der Waals surface area contributed by atoms with Crippen LogP contribution >= 0.6 is 0 Å². The highest BCUT2D eigenvalue weighted by atomic mass is 19.1. The van der Waals surface area contributed by atoms with Gasteiger partial charge < -0.3 is 9.84 Å². The SMILES string of the molecule is COC(=O)c1nn(-c2cccc(F)c2)c(=O)cc1O. The molecular weight excluding hydrogens is 255 g/mol. The number of rotatable bonds is 2. The molecule has 0 spiro atoms. The lowest BCUT2D eigenvalue weighted by Crippen LogP contribution is -2.23. The first kappa shape index (κ1) is 12.7. The number of esters is 1. The Kier molecular flexibility index (Phi) is 3.28. The lowest BCUT2D eigenvalue weighted by Gasteiger charge is -2.07. The molecule has 0 aliphatic heterocycles. The van der Waals surface area contributed by atoms with E-state index in [9.17, 15) is 19.1 Å². The molecule has 0 bridgehead atoms. The molecule has 1 heterocycles. The Bertz CT molecular complexity index is 696. The molecule has 0 saturated carbocycles. The zero-order valence-electron chi connectivity index (χ0n) is 9.83. The van der Waals surface area contributed by atoms with Gasteiger partial charge in [-0.15, -0.1) is 0 Å².